The molecule has 3 aromatic carbocycles. The van der Waals surface area contributed by atoms with Crippen LogP contribution in [0.5, 0.6) is 5.75 Å². The first kappa shape index (κ1) is 21.3. The molecule has 31 heavy (non-hydrogen) atoms. The van der Waals surface area contributed by atoms with Crippen molar-refractivity contribution in [1.82, 2.24) is 5.32 Å². The molecule has 0 spiro atoms. The smallest absolute Gasteiger partial charge is 0.292 e. The van der Waals surface area contributed by atoms with Crippen LogP contribution in [0.4, 0.5) is 11.4 Å². The third-order valence-electron chi connectivity index (χ3n) is 4.46. The summed E-state index contributed by atoms with van der Waals surface area (Å²) in [6, 6.07) is 22.4. The molecule has 1 amide bonds. The summed E-state index contributed by atoms with van der Waals surface area (Å²) in [5, 5.41) is 25.9. The second kappa shape index (κ2) is 10.4. The second-order valence-corrected chi connectivity index (χ2v) is 6.54. The first-order valence-electron chi connectivity index (χ1n) is 9.55. The van der Waals surface area contributed by atoms with E-state index in [9.17, 15) is 14.9 Å². The number of ether oxygens (including phenoxy) is 1. The van der Waals surface area contributed by atoms with E-state index in [2.05, 4.69) is 16.7 Å². The molecule has 0 aliphatic carbocycles. The van der Waals surface area contributed by atoms with Crippen molar-refractivity contribution in [3.05, 3.63) is 99.6 Å². The Hall–Kier alpha value is -4.38. The van der Waals surface area contributed by atoms with E-state index in [1.54, 1.807) is 54.6 Å². The van der Waals surface area contributed by atoms with Gasteiger partial charge in [-0.1, -0.05) is 36.4 Å². The van der Waals surface area contributed by atoms with Crippen LogP contribution in [0.25, 0.3) is 0 Å². The van der Waals surface area contributed by atoms with Crippen LogP contribution in [0.2, 0.25) is 0 Å². The molecule has 0 heterocycles. The van der Waals surface area contributed by atoms with Crippen LogP contribution >= 0.6 is 0 Å². The number of nitro benzene ring substituents is 1. The fraction of sp³-hybridized carbons (Fsp3) is 0.130. The minimum atomic E-state index is -0.457. The van der Waals surface area contributed by atoms with E-state index in [0.717, 1.165) is 5.56 Å². The number of benzene rings is 3. The highest BCUT2D eigenvalue weighted by atomic mass is 16.6. The lowest BCUT2D eigenvalue weighted by Crippen LogP contribution is -2.28. The third-order valence-corrected chi connectivity index (χ3v) is 4.46. The number of para-hydroxylation sites is 2. The molecule has 3 aromatic rings. The summed E-state index contributed by atoms with van der Waals surface area (Å²) in [6.45, 7) is 0.831. The Kier molecular flexibility index (Phi) is 7.16. The van der Waals surface area contributed by atoms with Gasteiger partial charge in [-0.3, -0.25) is 14.9 Å². The molecule has 0 fully saturated rings. The fourth-order valence-electron chi connectivity index (χ4n) is 2.90. The summed E-state index contributed by atoms with van der Waals surface area (Å²) >= 11 is 0. The number of nitriles is 1. The van der Waals surface area contributed by atoms with E-state index >= 15 is 0 Å². The molecule has 0 unspecified atom stereocenters. The number of rotatable bonds is 9. The molecule has 0 aliphatic heterocycles. The van der Waals surface area contributed by atoms with Crippen LogP contribution < -0.4 is 15.4 Å². The summed E-state index contributed by atoms with van der Waals surface area (Å²) in [5.41, 5.74) is 2.12. The molecule has 0 saturated carbocycles. The van der Waals surface area contributed by atoms with Crippen LogP contribution in [0.15, 0.2) is 72.8 Å². The minimum absolute atomic E-state index is 0.0170. The molecule has 8 heteroatoms. The van der Waals surface area contributed by atoms with Gasteiger partial charge in [0, 0.05) is 30.3 Å². The summed E-state index contributed by atoms with van der Waals surface area (Å²) in [6.07, 6.45) is 0. The Morgan fingerprint density at radius 3 is 2.61 bits per heavy atom. The lowest BCUT2D eigenvalue weighted by molar-refractivity contribution is -0.384. The van der Waals surface area contributed by atoms with Crippen LogP contribution in [0.3, 0.4) is 0 Å². The molecular formula is C23H20N4O4. The van der Waals surface area contributed by atoms with Gasteiger partial charge in [-0.05, 0) is 30.3 Å². The lowest BCUT2D eigenvalue weighted by atomic mass is 10.1. The van der Waals surface area contributed by atoms with Crippen molar-refractivity contribution in [2.75, 3.05) is 18.4 Å². The molecule has 3 rings (SSSR count). The number of nitrogens with one attached hydrogen (secondary N) is 2. The number of hydrogen-bond donors (Lipinski definition) is 2. The molecule has 8 nitrogen and oxygen atoms in total. The van der Waals surface area contributed by atoms with Crippen molar-refractivity contribution in [2.24, 2.45) is 0 Å². The van der Waals surface area contributed by atoms with E-state index in [1.165, 1.54) is 6.07 Å². The molecule has 0 aliphatic rings. The predicted octanol–water partition coefficient (Wildman–Crippen LogP) is 3.89. The summed E-state index contributed by atoms with van der Waals surface area (Å²) in [7, 11) is 0. The number of carbonyl (C=O) groups excluding carboxylic acids is 1. The molecule has 0 atom stereocenters. The number of anilines is 1. The first-order chi connectivity index (χ1) is 15.1. The van der Waals surface area contributed by atoms with Crippen LogP contribution in [-0.2, 0) is 6.61 Å². The van der Waals surface area contributed by atoms with Gasteiger partial charge in [-0.15, -0.1) is 0 Å². The van der Waals surface area contributed by atoms with E-state index in [0.29, 0.717) is 29.1 Å². The number of amides is 1. The summed E-state index contributed by atoms with van der Waals surface area (Å²) < 4.78 is 5.74. The zero-order valence-electron chi connectivity index (χ0n) is 16.6. The average molecular weight is 416 g/mol. The molecule has 156 valence electrons. The maximum Gasteiger partial charge on any atom is 0.292 e. The molecule has 0 bridgehead atoms. The van der Waals surface area contributed by atoms with Gasteiger partial charge < -0.3 is 15.4 Å². The van der Waals surface area contributed by atoms with Gasteiger partial charge in [0.25, 0.3) is 11.6 Å². The Bertz CT molecular complexity index is 1120. The van der Waals surface area contributed by atoms with Gasteiger partial charge in [0.1, 0.15) is 18.0 Å². The van der Waals surface area contributed by atoms with Crippen molar-refractivity contribution < 1.29 is 14.5 Å². The van der Waals surface area contributed by atoms with Crippen molar-refractivity contribution in [2.45, 2.75) is 6.61 Å². The molecule has 2 N–H and O–H groups in total. The summed E-state index contributed by atoms with van der Waals surface area (Å²) in [5.74, 6) is 0.227. The Morgan fingerprint density at radius 1 is 1.03 bits per heavy atom. The maximum absolute atomic E-state index is 12.4. The van der Waals surface area contributed by atoms with Gasteiger partial charge >= 0.3 is 0 Å². The average Bonchev–Trinajstić information content (AvgIpc) is 2.80. The Morgan fingerprint density at radius 2 is 1.81 bits per heavy atom. The van der Waals surface area contributed by atoms with Crippen LogP contribution in [0.1, 0.15) is 21.5 Å². The Labute approximate surface area is 179 Å². The van der Waals surface area contributed by atoms with Gasteiger partial charge in [0.05, 0.1) is 16.6 Å². The number of carbonyl (C=O) groups is 1. The van der Waals surface area contributed by atoms with E-state index < -0.39 is 4.92 Å². The van der Waals surface area contributed by atoms with Crippen molar-refractivity contribution in [3.8, 4) is 11.8 Å². The van der Waals surface area contributed by atoms with Gasteiger partial charge in [-0.2, -0.15) is 5.26 Å². The monoisotopic (exact) mass is 416 g/mol. The van der Waals surface area contributed by atoms with E-state index in [1.807, 2.05) is 12.1 Å². The van der Waals surface area contributed by atoms with Crippen molar-refractivity contribution in [1.29, 1.82) is 5.26 Å². The highest BCUT2D eigenvalue weighted by molar-refractivity contribution is 5.94. The minimum Gasteiger partial charge on any atom is -0.489 e. The number of nitro groups is 1. The number of nitrogens with zero attached hydrogens (tertiary/aromatic N) is 2. The van der Waals surface area contributed by atoms with E-state index in [-0.39, 0.29) is 24.7 Å². The molecule has 0 aromatic heterocycles. The van der Waals surface area contributed by atoms with Crippen molar-refractivity contribution in [3.63, 3.8) is 0 Å². The van der Waals surface area contributed by atoms with Gasteiger partial charge in [-0.25, -0.2) is 0 Å². The van der Waals surface area contributed by atoms with Crippen LogP contribution in [-0.4, -0.2) is 23.9 Å². The molecule has 0 radical (unpaired) electrons. The largest absolute Gasteiger partial charge is 0.489 e. The first-order valence-corrected chi connectivity index (χ1v) is 9.55. The highest BCUT2D eigenvalue weighted by Gasteiger charge is 2.12. The quantitative estimate of drug-likeness (QED) is 0.310. The third kappa shape index (κ3) is 5.81. The normalized spacial score (nSPS) is 10.0. The zero-order chi connectivity index (χ0) is 22.1. The Balaban J connectivity index is 1.52. The highest BCUT2D eigenvalue weighted by Crippen LogP contribution is 2.22. The molecular weight excluding hydrogens is 396 g/mol. The second-order valence-electron chi connectivity index (χ2n) is 6.54. The maximum atomic E-state index is 12.4. The van der Waals surface area contributed by atoms with Crippen molar-refractivity contribution >= 4 is 17.3 Å². The standard InChI is InChI=1S/C23H20N4O4/c24-15-18-6-1-2-7-19(18)16-31-20-9-5-8-17(14-20)23(28)26-13-12-25-21-10-3-4-11-22(21)27(29)30/h1-11,14,25H,12-13,16H2,(H,26,28). The van der Waals surface area contributed by atoms with E-state index in [4.69, 9.17) is 10.00 Å². The zero-order valence-corrected chi connectivity index (χ0v) is 16.6. The molecule has 0 saturated heterocycles. The predicted molar refractivity (Wildman–Crippen MR) is 116 cm³/mol. The van der Waals surface area contributed by atoms with Crippen LogP contribution in [0, 0.1) is 21.4 Å². The SMILES string of the molecule is N#Cc1ccccc1COc1cccc(C(=O)NCCNc2ccccc2[N+](=O)[O-])c1. The van der Waals surface area contributed by atoms with Gasteiger partial charge in [0.2, 0.25) is 0 Å². The number of hydrogen-bond acceptors (Lipinski definition) is 6. The summed E-state index contributed by atoms with van der Waals surface area (Å²) in [4.78, 5) is 23.0. The fourth-order valence-corrected chi connectivity index (χ4v) is 2.90. The lowest BCUT2D eigenvalue weighted by Gasteiger charge is -2.10. The van der Waals surface area contributed by atoms with Gasteiger partial charge in [0.15, 0.2) is 0 Å². The topological polar surface area (TPSA) is 117 Å².